The van der Waals surface area contributed by atoms with Crippen LogP contribution in [0.25, 0.3) is 11.4 Å². The van der Waals surface area contributed by atoms with Gasteiger partial charge in [0.25, 0.3) is 0 Å². The van der Waals surface area contributed by atoms with E-state index in [9.17, 15) is 9.50 Å². The molecule has 0 aliphatic carbocycles. The van der Waals surface area contributed by atoms with Crippen LogP contribution in [0.4, 0.5) is 4.39 Å². The fraction of sp³-hybridized carbons (Fsp3) is 0.529. The predicted molar refractivity (Wildman–Crippen MR) is 84.2 cm³/mol. The van der Waals surface area contributed by atoms with Crippen LogP contribution >= 0.6 is 0 Å². The van der Waals surface area contributed by atoms with Crippen LogP contribution in [-0.2, 0) is 6.54 Å². The first-order valence-electron chi connectivity index (χ1n) is 8.06. The van der Waals surface area contributed by atoms with Gasteiger partial charge in [-0.2, -0.15) is 4.98 Å². The number of rotatable bonds is 4. The molecule has 6 heteroatoms. The van der Waals surface area contributed by atoms with E-state index in [-0.39, 0.29) is 18.0 Å². The van der Waals surface area contributed by atoms with E-state index in [2.05, 4.69) is 15.0 Å². The number of aliphatic hydroxyl groups is 1. The Bertz CT molecular complexity index is 672. The molecule has 1 aromatic heterocycles. The van der Waals surface area contributed by atoms with Gasteiger partial charge >= 0.3 is 0 Å². The zero-order valence-corrected chi connectivity index (χ0v) is 13.5. The van der Waals surface area contributed by atoms with Crippen molar-refractivity contribution >= 4 is 0 Å². The van der Waals surface area contributed by atoms with Gasteiger partial charge in [-0.3, -0.25) is 4.90 Å². The van der Waals surface area contributed by atoms with Crippen LogP contribution in [0.3, 0.4) is 0 Å². The van der Waals surface area contributed by atoms with Crippen molar-refractivity contribution in [1.82, 2.24) is 15.0 Å². The quantitative estimate of drug-likeness (QED) is 0.939. The molecule has 0 spiro atoms. The standard InChI is InChI=1S/C17H22FN3O2/c1-11-9-13(6-7-14(11)18)17-19-16(23-20-17)10-21-8-4-3-5-15(21)12(2)22/h6-7,9,12,15,22H,3-5,8,10H2,1-2H3. The number of aromatic nitrogens is 2. The number of halogens is 1. The molecule has 2 aromatic rings. The first kappa shape index (κ1) is 16.1. The van der Waals surface area contributed by atoms with Gasteiger partial charge in [-0.15, -0.1) is 0 Å². The lowest BCUT2D eigenvalue weighted by molar-refractivity contribution is 0.0260. The van der Waals surface area contributed by atoms with Crippen LogP contribution in [0.2, 0.25) is 0 Å². The van der Waals surface area contributed by atoms with Crippen molar-refractivity contribution in [3.8, 4) is 11.4 Å². The molecule has 0 radical (unpaired) electrons. The molecule has 5 nitrogen and oxygen atoms in total. The topological polar surface area (TPSA) is 62.4 Å². The molecule has 1 N–H and O–H groups in total. The van der Waals surface area contributed by atoms with Crippen molar-refractivity contribution in [3.63, 3.8) is 0 Å². The van der Waals surface area contributed by atoms with Crippen LogP contribution in [0.15, 0.2) is 22.7 Å². The highest BCUT2D eigenvalue weighted by Gasteiger charge is 2.27. The van der Waals surface area contributed by atoms with E-state index in [0.717, 1.165) is 31.4 Å². The third-order valence-electron chi connectivity index (χ3n) is 4.44. The predicted octanol–water partition coefficient (Wildman–Crippen LogP) is 2.92. The average molecular weight is 319 g/mol. The number of likely N-dealkylation sites (tertiary alicyclic amines) is 1. The number of hydrogen-bond acceptors (Lipinski definition) is 5. The summed E-state index contributed by atoms with van der Waals surface area (Å²) in [6, 6.07) is 4.90. The van der Waals surface area contributed by atoms with E-state index in [1.165, 1.54) is 6.07 Å². The number of aliphatic hydroxyl groups excluding tert-OH is 1. The third-order valence-corrected chi connectivity index (χ3v) is 4.44. The Balaban J connectivity index is 1.75. The van der Waals surface area contributed by atoms with Gasteiger partial charge < -0.3 is 9.63 Å². The highest BCUT2D eigenvalue weighted by atomic mass is 19.1. The monoisotopic (exact) mass is 319 g/mol. The molecule has 124 valence electrons. The summed E-state index contributed by atoms with van der Waals surface area (Å²) in [5, 5.41) is 13.9. The van der Waals surface area contributed by atoms with Gasteiger partial charge in [-0.05, 0) is 57.0 Å². The number of piperidine rings is 1. The van der Waals surface area contributed by atoms with Crippen molar-refractivity contribution < 1.29 is 14.0 Å². The molecule has 2 heterocycles. The lowest BCUT2D eigenvalue weighted by atomic mass is 9.98. The normalized spacial score (nSPS) is 20.6. The molecule has 0 bridgehead atoms. The Kier molecular flexibility index (Phi) is 4.73. The maximum absolute atomic E-state index is 13.4. The Hall–Kier alpha value is -1.79. The molecule has 1 aromatic carbocycles. The van der Waals surface area contributed by atoms with Crippen molar-refractivity contribution in [2.45, 2.75) is 51.8 Å². The lowest BCUT2D eigenvalue weighted by Gasteiger charge is -2.36. The van der Waals surface area contributed by atoms with Gasteiger partial charge in [0, 0.05) is 11.6 Å². The fourth-order valence-corrected chi connectivity index (χ4v) is 3.15. The summed E-state index contributed by atoms with van der Waals surface area (Å²) in [6.45, 7) is 4.98. The zero-order chi connectivity index (χ0) is 16.4. The molecule has 1 fully saturated rings. The molecule has 1 aliphatic heterocycles. The molecule has 0 saturated carbocycles. The van der Waals surface area contributed by atoms with Gasteiger partial charge in [0.1, 0.15) is 5.82 Å². The third kappa shape index (κ3) is 3.59. The van der Waals surface area contributed by atoms with E-state index in [1.54, 1.807) is 19.1 Å². The van der Waals surface area contributed by atoms with E-state index in [4.69, 9.17) is 4.52 Å². The van der Waals surface area contributed by atoms with Gasteiger partial charge in [-0.1, -0.05) is 11.6 Å². The molecule has 0 amide bonds. The number of hydrogen-bond donors (Lipinski definition) is 1. The molecule has 23 heavy (non-hydrogen) atoms. The fourth-order valence-electron chi connectivity index (χ4n) is 3.15. The largest absolute Gasteiger partial charge is 0.392 e. The minimum Gasteiger partial charge on any atom is -0.392 e. The second-order valence-electron chi connectivity index (χ2n) is 6.25. The Labute approximate surface area is 135 Å². The summed E-state index contributed by atoms with van der Waals surface area (Å²) in [7, 11) is 0. The van der Waals surface area contributed by atoms with Gasteiger partial charge in [0.2, 0.25) is 11.7 Å². The highest BCUT2D eigenvalue weighted by Crippen LogP contribution is 2.23. The summed E-state index contributed by atoms with van der Waals surface area (Å²) < 4.78 is 18.7. The minimum atomic E-state index is -0.377. The zero-order valence-electron chi connectivity index (χ0n) is 13.5. The Morgan fingerprint density at radius 1 is 1.43 bits per heavy atom. The van der Waals surface area contributed by atoms with Crippen LogP contribution in [-0.4, -0.2) is 38.8 Å². The molecule has 2 unspecified atom stereocenters. The summed E-state index contributed by atoms with van der Waals surface area (Å²) in [5.74, 6) is 0.744. The van der Waals surface area contributed by atoms with Crippen LogP contribution in [0.1, 0.15) is 37.6 Å². The number of nitrogens with zero attached hydrogens (tertiary/aromatic N) is 3. The second kappa shape index (κ2) is 6.76. The van der Waals surface area contributed by atoms with Crippen molar-refractivity contribution in [3.05, 3.63) is 35.5 Å². The highest BCUT2D eigenvalue weighted by molar-refractivity contribution is 5.55. The number of benzene rings is 1. The maximum Gasteiger partial charge on any atom is 0.241 e. The molecule has 1 saturated heterocycles. The van der Waals surface area contributed by atoms with Gasteiger partial charge in [0.05, 0.1) is 12.6 Å². The summed E-state index contributed by atoms with van der Waals surface area (Å²) in [6.07, 6.45) is 2.85. The van der Waals surface area contributed by atoms with E-state index in [1.807, 2.05) is 6.92 Å². The first-order valence-corrected chi connectivity index (χ1v) is 8.06. The van der Waals surface area contributed by atoms with Crippen molar-refractivity contribution in [2.24, 2.45) is 0 Å². The second-order valence-corrected chi connectivity index (χ2v) is 6.25. The Morgan fingerprint density at radius 2 is 2.26 bits per heavy atom. The smallest absolute Gasteiger partial charge is 0.241 e. The molecular weight excluding hydrogens is 297 g/mol. The van der Waals surface area contributed by atoms with Gasteiger partial charge in [-0.25, -0.2) is 4.39 Å². The lowest BCUT2D eigenvalue weighted by Crippen LogP contribution is -2.45. The van der Waals surface area contributed by atoms with Crippen LogP contribution in [0, 0.1) is 12.7 Å². The average Bonchev–Trinajstić information content (AvgIpc) is 2.99. The summed E-state index contributed by atoms with van der Waals surface area (Å²) >= 11 is 0. The molecular formula is C17H22FN3O2. The van der Waals surface area contributed by atoms with Crippen LogP contribution < -0.4 is 0 Å². The van der Waals surface area contributed by atoms with E-state index in [0.29, 0.717) is 23.8 Å². The van der Waals surface area contributed by atoms with Crippen LogP contribution in [0.5, 0.6) is 0 Å². The first-order chi connectivity index (χ1) is 11.0. The Morgan fingerprint density at radius 3 is 3.00 bits per heavy atom. The van der Waals surface area contributed by atoms with Crippen molar-refractivity contribution in [2.75, 3.05) is 6.54 Å². The summed E-state index contributed by atoms with van der Waals surface area (Å²) in [4.78, 5) is 6.61. The molecule has 3 rings (SSSR count). The number of aryl methyl sites for hydroxylation is 1. The summed E-state index contributed by atoms with van der Waals surface area (Å²) in [5.41, 5.74) is 1.30. The molecule has 2 atom stereocenters. The van der Waals surface area contributed by atoms with Gasteiger partial charge in [0.15, 0.2) is 0 Å². The minimum absolute atomic E-state index is 0.132. The SMILES string of the molecule is Cc1cc(-c2noc(CN3CCCCC3C(C)O)n2)ccc1F. The van der Waals surface area contributed by atoms with E-state index < -0.39 is 0 Å². The maximum atomic E-state index is 13.4. The van der Waals surface area contributed by atoms with Crippen molar-refractivity contribution in [1.29, 1.82) is 0 Å². The molecule has 1 aliphatic rings. The van der Waals surface area contributed by atoms with E-state index >= 15 is 0 Å².